The molecule has 2 fully saturated rings. The van der Waals surface area contributed by atoms with E-state index in [1.807, 2.05) is 0 Å². The van der Waals surface area contributed by atoms with Crippen molar-refractivity contribution in [3.8, 4) is 0 Å². The summed E-state index contributed by atoms with van der Waals surface area (Å²) in [7, 11) is 0. The molecule has 1 aliphatic heterocycles. The Labute approximate surface area is 126 Å². The number of aliphatic carboxylic acids is 1. The van der Waals surface area contributed by atoms with Gasteiger partial charge in [0, 0.05) is 25.1 Å². The predicted octanol–water partition coefficient (Wildman–Crippen LogP) is 2.39. The summed E-state index contributed by atoms with van der Waals surface area (Å²) < 4.78 is 26.7. The van der Waals surface area contributed by atoms with E-state index >= 15 is 0 Å². The summed E-state index contributed by atoms with van der Waals surface area (Å²) in [5, 5.41) is 9.20. The largest absolute Gasteiger partial charge is 0.481 e. The third kappa shape index (κ3) is 2.46. The quantitative estimate of drug-likeness (QED) is 0.932. The van der Waals surface area contributed by atoms with Crippen LogP contribution in [0.1, 0.15) is 31.2 Å². The Kier molecular flexibility index (Phi) is 3.42. The van der Waals surface area contributed by atoms with E-state index in [-0.39, 0.29) is 24.3 Å². The summed E-state index contributed by atoms with van der Waals surface area (Å²) in [5.41, 5.74) is -0.541. The van der Waals surface area contributed by atoms with Gasteiger partial charge in [-0.2, -0.15) is 0 Å². The van der Waals surface area contributed by atoms with Crippen LogP contribution in [0.2, 0.25) is 0 Å². The van der Waals surface area contributed by atoms with E-state index < -0.39 is 23.0 Å². The Hall–Kier alpha value is -1.98. The van der Waals surface area contributed by atoms with Crippen molar-refractivity contribution in [1.29, 1.82) is 0 Å². The number of hydrogen-bond acceptors (Lipinski definition) is 2. The standard InChI is InChI=1S/C16H17F2NO3/c1-16(15(21)22)4-5-19(8-16)14(20)12-7-11(12)10-3-2-9(17)6-13(10)18/h2-3,6,11-12H,4-5,7-8H2,1H3,(H,21,22)/t11-,12+,16-/m0/s1. The number of nitrogens with zero attached hydrogens (tertiary/aromatic N) is 1. The summed E-state index contributed by atoms with van der Waals surface area (Å²) in [4.78, 5) is 25.2. The second-order valence-corrected chi connectivity index (χ2v) is 6.49. The van der Waals surface area contributed by atoms with Gasteiger partial charge in [0.25, 0.3) is 0 Å². The van der Waals surface area contributed by atoms with Crippen molar-refractivity contribution in [3.63, 3.8) is 0 Å². The normalized spacial score (nSPS) is 30.4. The predicted molar refractivity (Wildman–Crippen MR) is 74.1 cm³/mol. The zero-order chi connectivity index (χ0) is 16.1. The topological polar surface area (TPSA) is 57.6 Å². The highest BCUT2D eigenvalue weighted by atomic mass is 19.1. The van der Waals surface area contributed by atoms with E-state index in [9.17, 15) is 23.5 Å². The molecule has 1 saturated carbocycles. The molecule has 0 unspecified atom stereocenters. The highest BCUT2D eigenvalue weighted by Crippen LogP contribution is 2.50. The van der Waals surface area contributed by atoms with Gasteiger partial charge in [0.1, 0.15) is 11.6 Å². The smallest absolute Gasteiger partial charge is 0.311 e. The van der Waals surface area contributed by atoms with Crippen molar-refractivity contribution in [2.75, 3.05) is 13.1 Å². The van der Waals surface area contributed by atoms with Crippen LogP contribution < -0.4 is 0 Å². The zero-order valence-corrected chi connectivity index (χ0v) is 12.2. The van der Waals surface area contributed by atoms with Gasteiger partial charge in [0.15, 0.2) is 0 Å². The van der Waals surface area contributed by atoms with E-state index in [4.69, 9.17) is 0 Å². The first-order valence-electron chi connectivity index (χ1n) is 7.29. The number of likely N-dealkylation sites (tertiary alicyclic amines) is 1. The molecule has 0 bridgehead atoms. The molecule has 1 aromatic carbocycles. The minimum absolute atomic E-state index is 0.126. The molecule has 3 rings (SSSR count). The molecule has 1 aromatic rings. The Morgan fingerprint density at radius 1 is 1.36 bits per heavy atom. The van der Waals surface area contributed by atoms with Crippen LogP contribution in [0.5, 0.6) is 0 Å². The molecular weight excluding hydrogens is 292 g/mol. The first-order chi connectivity index (χ1) is 10.3. The number of benzene rings is 1. The number of carbonyl (C=O) groups is 2. The van der Waals surface area contributed by atoms with Gasteiger partial charge in [-0.25, -0.2) is 8.78 Å². The lowest BCUT2D eigenvalue weighted by atomic mass is 9.90. The van der Waals surface area contributed by atoms with Gasteiger partial charge in [-0.05, 0) is 37.3 Å². The monoisotopic (exact) mass is 309 g/mol. The number of rotatable bonds is 3. The number of halogens is 2. The van der Waals surface area contributed by atoms with Gasteiger partial charge < -0.3 is 10.0 Å². The minimum Gasteiger partial charge on any atom is -0.481 e. The van der Waals surface area contributed by atoms with Gasteiger partial charge >= 0.3 is 5.97 Å². The van der Waals surface area contributed by atoms with Crippen molar-refractivity contribution >= 4 is 11.9 Å². The Bertz CT molecular complexity index is 648. The Morgan fingerprint density at radius 3 is 2.68 bits per heavy atom. The fraction of sp³-hybridized carbons (Fsp3) is 0.500. The highest BCUT2D eigenvalue weighted by Gasteiger charge is 2.50. The van der Waals surface area contributed by atoms with Gasteiger partial charge in [0.2, 0.25) is 5.91 Å². The van der Waals surface area contributed by atoms with Crippen LogP contribution in [0.15, 0.2) is 18.2 Å². The van der Waals surface area contributed by atoms with Gasteiger partial charge in [-0.3, -0.25) is 9.59 Å². The molecule has 2 aliphatic rings. The number of carboxylic acids is 1. The highest BCUT2D eigenvalue weighted by molar-refractivity contribution is 5.85. The molecule has 3 atom stereocenters. The third-order valence-electron chi connectivity index (χ3n) is 4.77. The fourth-order valence-electron chi connectivity index (χ4n) is 3.17. The second-order valence-electron chi connectivity index (χ2n) is 6.49. The molecule has 1 amide bonds. The van der Waals surface area contributed by atoms with Gasteiger partial charge in [0.05, 0.1) is 5.41 Å². The van der Waals surface area contributed by atoms with Crippen molar-refractivity contribution in [3.05, 3.63) is 35.4 Å². The SMILES string of the molecule is C[C@]1(C(=O)O)CCN(C(=O)[C@@H]2C[C@H]2c2ccc(F)cc2F)C1. The lowest BCUT2D eigenvalue weighted by Gasteiger charge is -2.20. The van der Waals surface area contributed by atoms with Gasteiger partial charge in [-0.15, -0.1) is 0 Å². The van der Waals surface area contributed by atoms with Gasteiger partial charge in [-0.1, -0.05) is 6.07 Å². The second kappa shape index (κ2) is 5.04. The van der Waals surface area contributed by atoms with Crippen molar-refractivity contribution in [2.24, 2.45) is 11.3 Å². The van der Waals surface area contributed by atoms with Crippen LogP contribution in [-0.2, 0) is 9.59 Å². The van der Waals surface area contributed by atoms with Crippen LogP contribution in [-0.4, -0.2) is 35.0 Å². The minimum atomic E-state index is -0.903. The summed E-state index contributed by atoms with van der Waals surface area (Å²) >= 11 is 0. The Balaban J connectivity index is 1.68. The molecular formula is C16H17F2NO3. The summed E-state index contributed by atoms with van der Waals surface area (Å²) in [6, 6.07) is 3.40. The Morgan fingerprint density at radius 2 is 2.09 bits per heavy atom. The average Bonchev–Trinajstić information content (AvgIpc) is 3.12. The summed E-state index contributed by atoms with van der Waals surface area (Å²) in [6.45, 7) is 2.24. The fourth-order valence-corrected chi connectivity index (χ4v) is 3.17. The molecule has 6 heteroatoms. The van der Waals surface area contributed by atoms with E-state index in [1.54, 1.807) is 11.8 Å². The lowest BCUT2D eigenvalue weighted by molar-refractivity contribution is -0.147. The number of carbonyl (C=O) groups excluding carboxylic acids is 1. The molecule has 118 valence electrons. The molecule has 0 aromatic heterocycles. The average molecular weight is 309 g/mol. The molecule has 1 N–H and O–H groups in total. The molecule has 0 radical (unpaired) electrons. The first kappa shape index (κ1) is 14.9. The molecule has 4 nitrogen and oxygen atoms in total. The van der Waals surface area contributed by atoms with E-state index in [1.165, 1.54) is 12.1 Å². The van der Waals surface area contributed by atoms with Crippen molar-refractivity contribution < 1.29 is 23.5 Å². The van der Waals surface area contributed by atoms with Crippen LogP contribution in [0.25, 0.3) is 0 Å². The van der Waals surface area contributed by atoms with Crippen LogP contribution in [0, 0.1) is 23.0 Å². The third-order valence-corrected chi connectivity index (χ3v) is 4.77. The molecule has 1 aliphatic carbocycles. The van der Waals surface area contributed by atoms with E-state index in [2.05, 4.69) is 0 Å². The lowest BCUT2D eigenvalue weighted by Crippen LogP contribution is -2.35. The van der Waals surface area contributed by atoms with Crippen LogP contribution in [0.3, 0.4) is 0 Å². The van der Waals surface area contributed by atoms with Crippen LogP contribution >= 0.6 is 0 Å². The maximum absolute atomic E-state index is 13.7. The van der Waals surface area contributed by atoms with E-state index in [0.717, 1.165) is 6.07 Å². The summed E-state index contributed by atoms with van der Waals surface area (Å²) in [5.74, 6) is -2.85. The van der Waals surface area contributed by atoms with E-state index in [0.29, 0.717) is 24.9 Å². The maximum atomic E-state index is 13.7. The zero-order valence-electron chi connectivity index (χ0n) is 12.2. The molecule has 0 spiro atoms. The number of carboxylic acid groups (broad SMARTS) is 1. The van der Waals surface area contributed by atoms with Crippen LogP contribution in [0.4, 0.5) is 8.78 Å². The summed E-state index contributed by atoms with van der Waals surface area (Å²) in [6.07, 6.45) is 0.956. The number of hydrogen-bond donors (Lipinski definition) is 1. The molecule has 22 heavy (non-hydrogen) atoms. The first-order valence-corrected chi connectivity index (χ1v) is 7.29. The van der Waals surface area contributed by atoms with Crippen molar-refractivity contribution in [2.45, 2.75) is 25.7 Å². The number of amides is 1. The molecule has 1 saturated heterocycles. The van der Waals surface area contributed by atoms with Crippen molar-refractivity contribution in [1.82, 2.24) is 4.90 Å². The maximum Gasteiger partial charge on any atom is 0.311 e. The molecule has 1 heterocycles.